The van der Waals surface area contributed by atoms with Gasteiger partial charge in [0.25, 0.3) is 0 Å². The van der Waals surface area contributed by atoms with E-state index < -0.39 is 0 Å². The molecule has 18 heavy (non-hydrogen) atoms. The number of pyridine rings is 1. The van der Waals surface area contributed by atoms with Crippen LogP contribution in [0.2, 0.25) is 0 Å². The first kappa shape index (κ1) is 15.2. The van der Waals surface area contributed by atoms with E-state index in [0.717, 1.165) is 12.8 Å². The van der Waals surface area contributed by atoms with Crippen molar-refractivity contribution in [1.82, 2.24) is 4.98 Å². The van der Waals surface area contributed by atoms with Crippen molar-refractivity contribution in [3.05, 3.63) is 28.5 Å². The minimum absolute atomic E-state index is 0.0296. The summed E-state index contributed by atoms with van der Waals surface area (Å²) in [7, 11) is 0. The van der Waals surface area contributed by atoms with Crippen LogP contribution in [0, 0.1) is 0 Å². The van der Waals surface area contributed by atoms with Gasteiger partial charge in [-0.2, -0.15) is 0 Å². The second kappa shape index (κ2) is 8.25. The maximum Gasteiger partial charge on any atom is 0.339 e. The minimum Gasteiger partial charge on any atom is -0.459 e. The van der Waals surface area contributed by atoms with Gasteiger partial charge in [-0.1, -0.05) is 26.2 Å². The average Bonchev–Trinajstić information content (AvgIpc) is 2.35. The molecule has 1 atom stereocenters. The van der Waals surface area contributed by atoms with Crippen LogP contribution in [0.1, 0.15) is 56.3 Å². The normalized spacial score (nSPS) is 12.2. The topological polar surface area (TPSA) is 39.2 Å². The third-order valence-electron chi connectivity index (χ3n) is 2.74. The van der Waals surface area contributed by atoms with E-state index in [1.165, 1.54) is 25.5 Å². The lowest BCUT2D eigenvalue weighted by Crippen LogP contribution is -2.15. The molecule has 1 aromatic rings. The molecule has 0 aliphatic heterocycles. The number of esters is 1. The van der Waals surface area contributed by atoms with Gasteiger partial charge in [0.2, 0.25) is 0 Å². The van der Waals surface area contributed by atoms with Gasteiger partial charge in [-0.25, -0.2) is 9.78 Å². The summed E-state index contributed by atoms with van der Waals surface area (Å²) < 4.78 is 6.08. The Morgan fingerprint density at radius 3 is 2.78 bits per heavy atom. The lowest BCUT2D eigenvalue weighted by molar-refractivity contribution is 0.0319. The first-order valence-electron chi connectivity index (χ1n) is 6.46. The predicted octanol–water partition coefficient (Wildman–Crippen LogP) is 4.36. The van der Waals surface area contributed by atoms with E-state index in [0.29, 0.717) is 10.2 Å². The highest BCUT2D eigenvalue weighted by Gasteiger charge is 2.11. The molecule has 0 bridgehead atoms. The molecule has 0 aromatic carbocycles. The molecule has 1 unspecified atom stereocenters. The van der Waals surface area contributed by atoms with Gasteiger partial charge in [-0.15, -0.1) is 0 Å². The summed E-state index contributed by atoms with van der Waals surface area (Å²) >= 11 is 3.23. The molecular weight excluding hydrogens is 294 g/mol. The number of carbonyl (C=O) groups is 1. The van der Waals surface area contributed by atoms with Crippen LogP contribution in [-0.2, 0) is 4.74 Å². The molecule has 0 N–H and O–H groups in total. The summed E-state index contributed by atoms with van der Waals surface area (Å²) in [6, 6.07) is 3.45. The van der Waals surface area contributed by atoms with Crippen molar-refractivity contribution in [2.75, 3.05) is 0 Å². The van der Waals surface area contributed by atoms with Crippen LogP contribution < -0.4 is 0 Å². The Morgan fingerprint density at radius 1 is 1.39 bits per heavy atom. The quantitative estimate of drug-likeness (QED) is 0.426. The van der Waals surface area contributed by atoms with E-state index in [1.807, 2.05) is 6.92 Å². The molecular formula is C14H20BrNO2. The molecule has 0 amide bonds. The van der Waals surface area contributed by atoms with Gasteiger partial charge >= 0.3 is 5.97 Å². The van der Waals surface area contributed by atoms with Crippen molar-refractivity contribution in [3.63, 3.8) is 0 Å². The van der Waals surface area contributed by atoms with Gasteiger partial charge in [-0.05, 0) is 47.8 Å². The molecule has 4 heteroatoms. The Balaban J connectivity index is 2.33. The van der Waals surface area contributed by atoms with Crippen molar-refractivity contribution >= 4 is 21.9 Å². The third-order valence-corrected chi connectivity index (χ3v) is 3.20. The Bertz CT molecular complexity index is 365. The second-order valence-corrected chi connectivity index (χ2v) is 5.25. The van der Waals surface area contributed by atoms with Crippen LogP contribution in [0.5, 0.6) is 0 Å². The standard InChI is InChI=1S/C14H20BrNO2/c1-3-4-5-6-7-11(2)18-14(17)12-8-9-13(15)16-10-12/h8-11H,3-7H2,1-2H3. The van der Waals surface area contributed by atoms with E-state index in [9.17, 15) is 4.79 Å². The summed E-state index contributed by atoms with van der Waals surface area (Å²) in [4.78, 5) is 15.8. The van der Waals surface area contributed by atoms with E-state index in [2.05, 4.69) is 27.8 Å². The molecule has 0 saturated carbocycles. The average molecular weight is 314 g/mol. The molecule has 0 radical (unpaired) electrons. The number of carbonyl (C=O) groups excluding carboxylic acids is 1. The van der Waals surface area contributed by atoms with Gasteiger partial charge in [0, 0.05) is 6.20 Å². The van der Waals surface area contributed by atoms with Crippen molar-refractivity contribution < 1.29 is 9.53 Å². The zero-order chi connectivity index (χ0) is 13.4. The summed E-state index contributed by atoms with van der Waals surface area (Å²) in [5, 5.41) is 0. The smallest absolute Gasteiger partial charge is 0.339 e. The molecule has 1 rings (SSSR count). The van der Waals surface area contributed by atoms with Crippen LogP contribution in [0.15, 0.2) is 22.9 Å². The molecule has 0 aliphatic carbocycles. The number of rotatable bonds is 7. The van der Waals surface area contributed by atoms with Crippen molar-refractivity contribution in [1.29, 1.82) is 0 Å². The molecule has 0 aliphatic rings. The summed E-state index contributed by atoms with van der Waals surface area (Å²) in [6.45, 7) is 4.13. The number of hydrogen-bond acceptors (Lipinski definition) is 3. The lowest BCUT2D eigenvalue weighted by atomic mass is 10.1. The monoisotopic (exact) mass is 313 g/mol. The third kappa shape index (κ3) is 5.63. The summed E-state index contributed by atoms with van der Waals surface area (Å²) in [5.74, 6) is -0.294. The number of aromatic nitrogens is 1. The van der Waals surface area contributed by atoms with E-state index >= 15 is 0 Å². The van der Waals surface area contributed by atoms with E-state index in [1.54, 1.807) is 12.1 Å². The van der Waals surface area contributed by atoms with Gasteiger partial charge in [0.1, 0.15) is 4.60 Å². The predicted molar refractivity (Wildman–Crippen MR) is 75.6 cm³/mol. The molecule has 3 nitrogen and oxygen atoms in total. The van der Waals surface area contributed by atoms with Gasteiger partial charge in [-0.3, -0.25) is 0 Å². The fraction of sp³-hybridized carbons (Fsp3) is 0.571. The highest BCUT2D eigenvalue weighted by atomic mass is 79.9. The number of hydrogen-bond donors (Lipinski definition) is 0. The number of nitrogens with zero attached hydrogens (tertiary/aromatic N) is 1. The van der Waals surface area contributed by atoms with E-state index in [4.69, 9.17) is 4.74 Å². The van der Waals surface area contributed by atoms with Gasteiger partial charge in [0.15, 0.2) is 0 Å². The Hall–Kier alpha value is -0.900. The molecule has 1 heterocycles. The molecule has 0 saturated heterocycles. The maximum atomic E-state index is 11.8. The molecule has 0 fully saturated rings. The Labute approximate surface area is 117 Å². The SMILES string of the molecule is CCCCCCC(C)OC(=O)c1ccc(Br)nc1. The zero-order valence-electron chi connectivity index (χ0n) is 11.0. The van der Waals surface area contributed by atoms with Crippen LogP contribution in [0.3, 0.4) is 0 Å². The van der Waals surface area contributed by atoms with Gasteiger partial charge in [0.05, 0.1) is 11.7 Å². The molecule has 100 valence electrons. The van der Waals surface area contributed by atoms with Crippen LogP contribution in [0.4, 0.5) is 0 Å². The Morgan fingerprint density at radius 2 is 2.17 bits per heavy atom. The molecule has 1 aromatic heterocycles. The minimum atomic E-state index is -0.294. The highest BCUT2D eigenvalue weighted by Crippen LogP contribution is 2.12. The Kier molecular flexibility index (Phi) is 6.94. The van der Waals surface area contributed by atoms with Crippen molar-refractivity contribution in [3.8, 4) is 0 Å². The fourth-order valence-electron chi connectivity index (χ4n) is 1.66. The number of unbranched alkanes of at least 4 members (excludes halogenated alkanes) is 3. The fourth-order valence-corrected chi connectivity index (χ4v) is 1.90. The number of ether oxygens (including phenoxy) is 1. The van der Waals surface area contributed by atoms with Gasteiger partial charge < -0.3 is 4.74 Å². The van der Waals surface area contributed by atoms with Crippen LogP contribution in [0.25, 0.3) is 0 Å². The zero-order valence-corrected chi connectivity index (χ0v) is 12.6. The largest absolute Gasteiger partial charge is 0.459 e. The lowest BCUT2D eigenvalue weighted by Gasteiger charge is -2.12. The highest BCUT2D eigenvalue weighted by molar-refractivity contribution is 9.10. The summed E-state index contributed by atoms with van der Waals surface area (Å²) in [6.07, 6.45) is 7.21. The number of halogens is 1. The van der Waals surface area contributed by atoms with Crippen molar-refractivity contribution in [2.24, 2.45) is 0 Å². The maximum absolute atomic E-state index is 11.8. The van der Waals surface area contributed by atoms with Crippen molar-refractivity contribution in [2.45, 2.75) is 52.1 Å². The first-order valence-corrected chi connectivity index (χ1v) is 7.25. The van der Waals surface area contributed by atoms with Crippen LogP contribution >= 0.6 is 15.9 Å². The van der Waals surface area contributed by atoms with E-state index in [-0.39, 0.29) is 12.1 Å². The summed E-state index contributed by atoms with van der Waals surface area (Å²) in [5.41, 5.74) is 0.499. The van der Waals surface area contributed by atoms with Crippen LogP contribution in [-0.4, -0.2) is 17.1 Å². The first-order chi connectivity index (χ1) is 8.63. The molecule has 0 spiro atoms. The second-order valence-electron chi connectivity index (χ2n) is 4.43.